The van der Waals surface area contributed by atoms with Crippen LogP contribution in [0.15, 0.2) is 4.52 Å². The molecule has 0 radical (unpaired) electrons. The van der Waals surface area contributed by atoms with E-state index < -0.39 is 11.7 Å². The van der Waals surface area contributed by atoms with Gasteiger partial charge in [-0.25, -0.2) is 0 Å². The van der Waals surface area contributed by atoms with Gasteiger partial charge in [0.15, 0.2) is 0 Å². The maximum absolute atomic E-state index is 9.23. The van der Waals surface area contributed by atoms with Crippen LogP contribution in [-0.2, 0) is 16.8 Å². The third-order valence-corrected chi connectivity index (χ3v) is 2.88. The van der Waals surface area contributed by atoms with Gasteiger partial charge < -0.3 is 14.4 Å². The average Bonchev–Trinajstić information content (AvgIpc) is 2.67. The molecule has 1 aromatic heterocycles. The fourth-order valence-corrected chi connectivity index (χ4v) is 1.92. The molecule has 1 aliphatic rings. The molecule has 90 valence electrons. The predicted molar refractivity (Wildman–Crippen MR) is 56.8 cm³/mol. The fraction of sp³-hybridized carbons (Fsp3) is 0.818. The highest BCUT2D eigenvalue weighted by molar-refractivity contribution is 5.01. The maximum atomic E-state index is 9.23. The lowest BCUT2D eigenvalue weighted by Crippen LogP contribution is -2.31. The van der Waals surface area contributed by atoms with Crippen molar-refractivity contribution in [2.75, 3.05) is 6.61 Å². The van der Waals surface area contributed by atoms with Crippen molar-refractivity contribution in [3.05, 3.63) is 11.7 Å². The molecule has 1 N–H and O–H groups in total. The SMILES string of the molecule is CC(O)Cc1nc(C2(C)CCCCO2)no1. The molecule has 1 aliphatic heterocycles. The van der Waals surface area contributed by atoms with Crippen LogP contribution >= 0.6 is 0 Å². The second kappa shape index (κ2) is 4.51. The molecule has 2 heterocycles. The highest BCUT2D eigenvalue weighted by Crippen LogP contribution is 2.32. The van der Waals surface area contributed by atoms with Gasteiger partial charge in [-0.2, -0.15) is 4.98 Å². The summed E-state index contributed by atoms with van der Waals surface area (Å²) < 4.78 is 10.8. The van der Waals surface area contributed by atoms with Crippen LogP contribution in [0, 0.1) is 0 Å². The van der Waals surface area contributed by atoms with E-state index in [9.17, 15) is 5.11 Å². The normalized spacial score (nSPS) is 27.9. The van der Waals surface area contributed by atoms with Gasteiger partial charge in [0.25, 0.3) is 0 Å². The molecule has 0 saturated carbocycles. The van der Waals surface area contributed by atoms with Crippen molar-refractivity contribution in [2.45, 2.75) is 51.2 Å². The molecule has 0 amide bonds. The van der Waals surface area contributed by atoms with Gasteiger partial charge in [0.1, 0.15) is 5.60 Å². The number of rotatable bonds is 3. The zero-order chi connectivity index (χ0) is 11.6. The van der Waals surface area contributed by atoms with Crippen LogP contribution in [-0.4, -0.2) is 28.0 Å². The summed E-state index contributed by atoms with van der Waals surface area (Å²) in [4.78, 5) is 4.28. The molecule has 0 spiro atoms. The third kappa shape index (κ3) is 2.41. The molecule has 16 heavy (non-hydrogen) atoms. The summed E-state index contributed by atoms with van der Waals surface area (Å²) in [7, 11) is 0. The summed E-state index contributed by atoms with van der Waals surface area (Å²) >= 11 is 0. The Kier molecular flexibility index (Phi) is 3.25. The van der Waals surface area contributed by atoms with Crippen LogP contribution in [0.1, 0.15) is 44.8 Å². The zero-order valence-electron chi connectivity index (χ0n) is 9.77. The lowest BCUT2D eigenvalue weighted by atomic mass is 9.95. The third-order valence-electron chi connectivity index (χ3n) is 2.88. The smallest absolute Gasteiger partial charge is 0.229 e. The summed E-state index contributed by atoms with van der Waals surface area (Å²) in [6.07, 6.45) is 3.06. The topological polar surface area (TPSA) is 68.4 Å². The Hall–Kier alpha value is -0.940. The number of ether oxygens (including phenoxy) is 1. The average molecular weight is 226 g/mol. The van der Waals surface area contributed by atoms with E-state index in [0.29, 0.717) is 18.1 Å². The van der Waals surface area contributed by atoms with Gasteiger partial charge in [-0.3, -0.25) is 0 Å². The minimum Gasteiger partial charge on any atom is -0.393 e. The Balaban J connectivity index is 2.10. The Morgan fingerprint density at radius 1 is 1.50 bits per heavy atom. The second-order valence-corrected chi connectivity index (χ2v) is 4.60. The molecule has 1 fully saturated rings. The second-order valence-electron chi connectivity index (χ2n) is 4.60. The summed E-state index contributed by atoms with van der Waals surface area (Å²) in [6, 6.07) is 0. The van der Waals surface area contributed by atoms with Crippen LogP contribution < -0.4 is 0 Å². The molecule has 5 heteroatoms. The molecule has 1 saturated heterocycles. The Labute approximate surface area is 94.8 Å². The van der Waals surface area contributed by atoms with Crippen LogP contribution in [0.4, 0.5) is 0 Å². The maximum Gasteiger partial charge on any atom is 0.229 e. The van der Waals surface area contributed by atoms with Gasteiger partial charge in [-0.1, -0.05) is 5.16 Å². The summed E-state index contributed by atoms with van der Waals surface area (Å²) in [6.45, 7) is 4.43. The molecule has 2 rings (SSSR count). The lowest BCUT2D eigenvalue weighted by Gasteiger charge is -2.30. The first kappa shape index (κ1) is 11.5. The highest BCUT2D eigenvalue weighted by Gasteiger charge is 2.34. The van der Waals surface area contributed by atoms with Crippen molar-refractivity contribution >= 4 is 0 Å². The first-order valence-corrected chi connectivity index (χ1v) is 5.75. The molecular weight excluding hydrogens is 208 g/mol. The molecule has 2 atom stereocenters. The summed E-state index contributed by atoms with van der Waals surface area (Å²) in [5, 5.41) is 13.2. The number of hydrogen-bond donors (Lipinski definition) is 1. The van der Waals surface area contributed by atoms with Gasteiger partial charge in [-0.05, 0) is 33.1 Å². The van der Waals surface area contributed by atoms with Crippen LogP contribution in [0.3, 0.4) is 0 Å². The van der Waals surface area contributed by atoms with Crippen LogP contribution in [0.25, 0.3) is 0 Å². The van der Waals surface area contributed by atoms with Gasteiger partial charge >= 0.3 is 0 Å². The van der Waals surface area contributed by atoms with E-state index in [1.54, 1.807) is 6.92 Å². The monoisotopic (exact) mass is 226 g/mol. The standard InChI is InChI=1S/C11H18N2O3/c1-8(14)7-9-12-10(13-16-9)11(2)5-3-4-6-15-11/h8,14H,3-7H2,1-2H3. The van der Waals surface area contributed by atoms with Crippen molar-refractivity contribution in [1.29, 1.82) is 0 Å². The predicted octanol–water partition coefficient (Wildman–Crippen LogP) is 1.41. The largest absolute Gasteiger partial charge is 0.393 e. The Morgan fingerprint density at radius 2 is 2.31 bits per heavy atom. The van der Waals surface area contributed by atoms with E-state index in [0.717, 1.165) is 25.9 Å². The number of aliphatic hydroxyl groups excluding tert-OH is 1. The Morgan fingerprint density at radius 3 is 2.94 bits per heavy atom. The van der Waals surface area contributed by atoms with Gasteiger partial charge in [0.05, 0.1) is 12.5 Å². The first-order chi connectivity index (χ1) is 7.60. The van der Waals surface area contributed by atoms with E-state index in [4.69, 9.17) is 9.26 Å². The van der Waals surface area contributed by atoms with Crippen LogP contribution in [0.2, 0.25) is 0 Å². The number of hydrogen-bond acceptors (Lipinski definition) is 5. The van der Waals surface area contributed by atoms with Crippen molar-refractivity contribution in [3.8, 4) is 0 Å². The van der Waals surface area contributed by atoms with Crippen molar-refractivity contribution in [3.63, 3.8) is 0 Å². The van der Waals surface area contributed by atoms with Gasteiger partial charge in [0.2, 0.25) is 11.7 Å². The number of aliphatic hydroxyl groups is 1. The van der Waals surface area contributed by atoms with Crippen LogP contribution in [0.5, 0.6) is 0 Å². The number of nitrogens with zero attached hydrogens (tertiary/aromatic N) is 2. The quantitative estimate of drug-likeness (QED) is 0.844. The minimum atomic E-state index is -0.464. The van der Waals surface area contributed by atoms with Crippen molar-refractivity contribution in [1.82, 2.24) is 10.1 Å². The fourth-order valence-electron chi connectivity index (χ4n) is 1.92. The molecule has 2 unspecified atom stereocenters. The van der Waals surface area contributed by atoms with Crippen molar-refractivity contribution in [2.24, 2.45) is 0 Å². The number of aromatic nitrogens is 2. The zero-order valence-corrected chi connectivity index (χ0v) is 9.77. The van der Waals surface area contributed by atoms with Gasteiger partial charge in [-0.15, -0.1) is 0 Å². The lowest BCUT2D eigenvalue weighted by molar-refractivity contribution is -0.0770. The minimum absolute atomic E-state index is 0.392. The van der Waals surface area contributed by atoms with E-state index >= 15 is 0 Å². The van der Waals surface area contributed by atoms with E-state index in [2.05, 4.69) is 10.1 Å². The molecule has 0 aliphatic carbocycles. The molecular formula is C11H18N2O3. The first-order valence-electron chi connectivity index (χ1n) is 5.75. The molecule has 0 bridgehead atoms. The van der Waals surface area contributed by atoms with E-state index in [1.807, 2.05) is 6.92 Å². The van der Waals surface area contributed by atoms with Gasteiger partial charge in [0, 0.05) is 6.61 Å². The highest BCUT2D eigenvalue weighted by atomic mass is 16.5. The Bertz CT molecular complexity index is 343. The van der Waals surface area contributed by atoms with E-state index in [1.165, 1.54) is 0 Å². The molecule has 5 nitrogen and oxygen atoms in total. The molecule has 1 aromatic rings. The van der Waals surface area contributed by atoms with Crippen molar-refractivity contribution < 1.29 is 14.4 Å². The molecule has 0 aromatic carbocycles. The van der Waals surface area contributed by atoms with E-state index in [-0.39, 0.29) is 0 Å². The summed E-state index contributed by atoms with van der Waals surface area (Å²) in [5.74, 6) is 1.07. The summed E-state index contributed by atoms with van der Waals surface area (Å²) in [5.41, 5.74) is -0.418.